The van der Waals surface area contributed by atoms with Crippen molar-refractivity contribution in [1.29, 1.82) is 0 Å². The standard InChI is InChI=1S/C11H28N4/c12-8-6-4-2-1-3-5-7-10(14)11(15)9-13/h10-11H,1-9,12-15H2. The molecule has 4 nitrogen and oxygen atoms in total. The molecule has 0 fully saturated rings. The normalized spacial score (nSPS) is 15.2. The zero-order valence-electron chi connectivity index (χ0n) is 9.83. The maximum absolute atomic E-state index is 5.87. The molecule has 0 aromatic heterocycles. The Morgan fingerprint density at radius 2 is 1.20 bits per heavy atom. The van der Waals surface area contributed by atoms with E-state index in [-0.39, 0.29) is 12.1 Å². The SMILES string of the molecule is NCCCCCCCCC(N)C(N)CN. The average molecular weight is 216 g/mol. The maximum Gasteiger partial charge on any atom is 0.0317 e. The molecular formula is C11H28N4. The first-order chi connectivity index (χ1) is 7.22. The minimum atomic E-state index is -0.0396. The van der Waals surface area contributed by atoms with Gasteiger partial charge in [0, 0.05) is 18.6 Å². The Labute approximate surface area is 93.7 Å². The minimum absolute atomic E-state index is 0.0396. The van der Waals surface area contributed by atoms with Crippen molar-refractivity contribution in [3.63, 3.8) is 0 Å². The molecule has 8 N–H and O–H groups in total. The number of rotatable bonds is 10. The highest BCUT2D eigenvalue weighted by Gasteiger charge is 2.10. The van der Waals surface area contributed by atoms with Gasteiger partial charge >= 0.3 is 0 Å². The lowest BCUT2D eigenvalue weighted by Crippen LogP contribution is -2.46. The lowest BCUT2D eigenvalue weighted by atomic mass is 10.0. The van der Waals surface area contributed by atoms with Gasteiger partial charge in [0.1, 0.15) is 0 Å². The molecule has 0 bridgehead atoms. The second-order valence-electron chi connectivity index (χ2n) is 4.26. The summed E-state index contributed by atoms with van der Waals surface area (Å²) >= 11 is 0. The van der Waals surface area contributed by atoms with Crippen molar-refractivity contribution in [2.45, 2.75) is 57.0 Å². The third-order valence-corrected chi connectivity index (χ3v) is 2.81. The van der Waals surface area contributed by atoms with E-state index in [9.17, 15) is 0 Å². The Morgan fingerprint density at radius 1 is 0.667 bits per heavy atom. The molecule has 0 aliphatic carbocycles. The molecular weight excluding hydrogens is 188 g/mol. The van der Waals surface area contributed by atoms with Crippen LogP contribution in [0.4, 0.5) is 0 Å². The Kier molecular flexibility index (Phi) is 10.3. The molecule has 0 aliphatic heterocycles. The molecule has 2 unspecified atom stereocenters. The first-order valence-electron chi connectivity index (χ1n) is 6.13. The van der Waals surface area contributed by atoms with E-state index in [4.69, 9.17) is 22.9 Å². The topological polar surface area (TPSA) is 104 Å². The summed E-state index contributed by atoms with van der Waals surface area (Å²) in [6.45, 7) is 1.30. The van der Waals surface area contributed by atoms with E-state index in [0.717, 1.165) is 25.8 Å². The second kappa shape index (κ2) is 10.4. The summed E-state index contributed by atoms with van der Waals surface area (Å²) in [7, 11) is 0. The van der Waals surface area contributed by atoms with Crippen LogP contribution in [0.3, 0.4) is 0 Å². The maximum atomic E-state index is 5.87. The predicted molar refractivity (Wildman–Crippen MR) is 66.4 cm³/mol. The zero-order chi connectivity index (χ0) is 11.5. The Bertz CT molecular complexity index is 130. The van der Waals surface area contributed by atoms with Crippen LogP contribution in [0.2, 0.25) is 0 Å². The van der Waals surface area contributed by atoms with Gasteiger partial charge in [-0.2, -0.15) is 0 Å². The van der Waals surface area contributed by atoms with E-state index >= 15 is 0 Å². The van der Waals surface area contributed by atoms with Crippen LogP contribution >= 0.6 is 0 Å². The van der Waals surface area contributed by atoms with Crippen molar-refractivity contribution in [3.05, 3.63) is 0 Å². The molecule has 2 atom stereocenters. The Balaban J connectivity index is 3.16. The fourth-order valence-corrected chi connectivity index (χ4v) is 1.62. The van der Waals surface area contributed by atoms with Crippen LogP contribution in [0.25, 0.3) is 0 Å². The fourth-order valence-electron chi connectivity index (χ4n) is 1.62. The quantitative estimate of drug-likeness (QED) is 0.394. The van der Waals surface area contributed by atoms with Gasteiger partial charge in [-0.05, 0) is 19.4 Å². The van der Waals surface area contributed by atoms with E-state index < -0.39 is 0 Å². The minimum Gasteiger partial charge on any atom is -0.330 e. The number of nitrogens with two attached hydrogens (primary N) is 4. The van der Waals surface area contributed by atoms with Crippen molar-refractivity contribution in [3.8, 4) is 0 Å². The molecule has 15 heavy (non-hydrogen) atoms. The molecule has 4 heteroatoms. The number of hydrogen-bond donors (Lipinski definition) is 4. The lowest BCUT2D eigenvalue weighted by molar-refractivity contribution is 0.469. The third-order valence-electron chi connectivity index (χ3n) is 2.81. The predicted octanol–water partition coefficient (Wildman–Crippen LogP) is 0.289. The summed E-state index contributed by atoms with van der Waals surface area (Å²) in [5.74, 6) is 0. The smallest absolute Gasteiger partial charge is 0.0317 e. The molecule has 0 heterocycles. The van der Waals surface area contributed by atoms with Crippen molar-refractivity contribution in [2.24, 2.45) is 22.9 Å². The van der Waals surface area contributed by atoms with Crippen LogP contribution in [0, 0.1) is 0 Å². The van der Waals surface area contributed by atoms with Crippen LogP contribution in [0.5, 0.6) is 0 Å². The van der Waals surface area contributed by atoms with Gasteiger partial charge in [-0.3, -0.25) is 0 Å². The highest BCUT2D eigenvalue weighted by molar-refractivity contribution is 4.76. The molecule has 0 aromatic rings. The summed E-state index contributed by atoms with van der Waals surface area (Å²) in [5.41, 5.74) is 22.5. The molecule has 0 saturated carbocycles. The average Bonchev–Trinajstić information content (AvgIpc) is 2.26. The van der Waals surface area contributed by atoms with Crippen LogP contribution in [-0.2, 0) is 0 Å². The van der Waals surface area contributed by atoms with Crippen molar-refractivity contribution < 1.29 is 0 Å². The first kappa shape index (κ1) is 14.8. The molecule has 0 radical (unpaired) electrons. The lowest BCUT2D eigenvalue weighted by Gasteiger charge is -2.17. The van der Waals surface area contributed by atoms with Crippen molar-refractivity contribution in [1.82, 2.24) is 0 Å². The summed E-state index contributed by atoms with van der Waals surface area (Å²) < 4.78 is 0. The number of hydrogen-bond acceptors (Lipinski definition) is 4. The highest BCUT2D eigenvalue weighted by Crippen LogP contribution is 2.08. The van der Waals surface area contributed by atoms with Gasteiger partial charge in [0.2, 0.25) is 0 Å². The Hall–Kier alpha value is -0.160. The summed E-state index contributed by atoms with van der Waals surface area (Å²) in [5, 5.41) is 0. The van der Waals surface area contributed by atoms with E-state index in [2.05, 4.69) is 0 Å². The summed E-state index contributed by atoms with van der Waals surface area (Å²) in [6.07, 6.45) is 8.38. The van der Waals surface area contributed by atoms with Gasteiger partial charge in [-0.15, -0.1) is 0 Å². The third kappa shape index (κ3) is 8.81. The van der Waals surface area contributed by atoms with Crippen LogP contribution in [-0.4, -0.2) is 25.2 Å². The van der Waals surface area contributed by atoms with E-state index in [1.807, 2.05) is 0 Å². The molecule has 92 valence electrons. The fraction of sp³-hybridized carbons (Fsp3) is 1.00. The molecule has 0 amide bonds. The van der Waals surface area contributed by atoms with E-state index in [0.29, 0.717) is 6.54 Å². The van der Waals surface area contributed by atoms with Crippen molar-refractivity contribution in [2.75, 3.05) is 13.1 Å². The van der Waals surface area contributed by atoms with E-state index in [1.165, 1.54) is 25.7 Å². The largest absolute Gasteiger partial charge is 0.330 e. The van der Waals surface area contributed by atoms with Gasteiger partial charge in [-0.1, -0.05) is 32.1 Å². The van der Waals surface area contributed by atoms with Gasteiger partial charge < -0.3 is 22.9 Å². The summed E-state index contributed by atoms with van der Waals surface area (Å²) in [6, 6.07) is 0.0290. The molecule has 0 aromatic carbocycles. The van der Waals surface area contributed by atoms with Crippen LogP contribution < -0.4 is 22.9 Å². The molecule has 0 aliphatic rings. The summed E-state index contributed by atoms with van der Waals surface area (Å²) in [4.78, 5) is 0. The first-order valence-corrected chi connectivity index (χ1v) is 6.13. The second-order valence-corrected chi connectivity index (χ2v) is 4.26. The van der Waals surface area contributed by atoms with Gasteiger partial charge in [0.15, 0.2) is 0 Å². The molecule has 0 saturated heterocycles. The van der Waals surface area contributed by atoms with Gasteiger partial charge in [-0.25, -0.2) is 0 Å². The van der Waals surface area contributed by atoms with Gasteiger partial charge in [0.05, 0.1) is 0 Å². The van der Waals surface area contributed by atoms with Crippen LogP contribution in [0.15, 0.2) is 0 Å². The highest BCUT2D eigenvalue weighted by atomic mass is 14.8. The van der Waals surface area contributed by atoms with Crippen LogP contribution in [0.1, 0.15) is 44.9 Å². The monoisotopic (exact) mass is 216 g/mol. The molecule has 0 rings (SSSR count). The Morgan fingerprint density at radius 3 is 1.73 bits per heavy atom. The zero-order valence-corrected chi connectivity index (χ0v) is 9.83. The van der Waals surface area contributed by atoms with Crippen molar-refractivity contribution >= 4 is 0 Å². The molecule has 0 spiro atoms. The number of unbranched alkanes of at least 4 members (excludes halogenated alkanes) is 5. The van der Waals surface area contributed by atoms with Gasteiger partial charge in [0.25, 0.3) is 0 Å². The van der Waals surface area contributed by atoms with E-state index in [1.54, 1.807) is 0 Å².